The molecule has 0 unspecified atom stereocenters. The molecule has 0 aliphatic rings. The number of ether oxygens (including phenoxy) is 1. The molecule has 0 aliphatic heterocycles. The Morgan fingerprint density at radius 3 is 2.70 bits per heavy atom. The topological polar surface area (TPSA) is 67.4 Å². The van der Waals surface area contributed by atoms with Crippen molar-refractivity contribution in [1.82, 2.24) is 10.6 Å². The van der Waals surface area contributed by atoms with E-state index < -0.39 is 12.0 Å². The van der Waals surface area contributed by atoms with Crippen LogP contribution in [0.25, 0.3) is 6.08 Å². The monoisotopic (exact) mass is 336 g/mol. The summed E-state index contributed by atoms with van der Waals surface area (Å²) in [6, 6.07) is 9.35. The Bertz CT molecular complexity index is 506. The summed E-state index contributed by atoms with van der Waals surface area (Å²) < 4.78 is 4.71. The molecule has 0 fully saturated rings. The van der Waals surface area contributed by atoms with Gasteiger partial charge in [0.05, 0.1) is 13.7 Å². The molecule has 0 saturated carbocycles. The summed E-state index contributed by atoms with van der Waals surface area (Å²) >= 11 is 1.62. The summed E-state index contributed by atoms with van der Waals surface area (Å²) in [5.41, 5.74) is 1.11. The van der Waals surface area contributed by atoms with Crippen molar-refractivity contribution in [3.8, 4) is 0 Å². The number of carbonyl (C=O) groups excluding carboxylic acids is 2. The molecule has 1 atom stereocenters. The van der Waals surface area contributed by atoms with Gasteiger partial charge in [-0.05, 0) is 24.0 Å². The summed E-state index contributed by atoms with van der Waals surface area (Å²) in [4.78, 5) is 23.5. The molecular weight excluding hydrogens is 312 g/mol. The quantitative estimate of drug-likeness (QED) is 0.503. The number of amides is 1. The first-order valence-corrected chi connectivity index (χ1v) is 8.85. The lowest BCUT2D eigenvalue weighted by Crippen LogP contribution is -2.45. The van der Waals surface area contributed by atoms with Crippen LogP contribution in [0, 0.1) is 0 Å². The summed E-state index contributed by atoms with van der Waals surface area (Å²) in [5, 5.41) is 5.72. The highest BCUT2D eigenvalue weighted by molar-refractivity contribution is 7.98. The molecule has 0 heterocycles. The Morgan fingerprint density at radius 1 is 1.30 bits per heavy atom. The van der Waals surface area contributed by atoms with Crippen molar-refractivity contribution in [2.45, 2.75) is 12.5 Å². The number of esters is 1. The molecule has 5 nitrogen and oxygen atoms in total. The molecule has 0 bridgehead atoms. The zero-order valence-corrected chi connectivity index (χ0v) is 14.4. The third-order valence-corrected chi connectivity index (χ3v) is 3.73. The second-order valence-electron chi connectivity index (χ2n) is 4.87. The van der Waals surface area contributed by atoms with Gasteiger partial charge in [-0.15, -0.1) is 0 Å². The molecule has 0 radical (unpaired) electrons. The minimum absolute atomic E-state index is 0.159. The molecule has 0 aromatic heterocycles. The van der Waals surface area contributed by atoms with E-state index in [4.69, 9.17) is 4.74 Å². The van der Waals surface area contributed by atoms with Gasteiger partial charge in [-0.3, -0.25) is 4.79 Å². The van der Waals surface area contributed by atoms with E-state index >= 15 is 0 Å². The fourth-order valence-electron chi connectivity index (χ4n) is 1.90. The summed E-state index contributed by atoms with van der Waals surface area (Å²) in [5.74, 6) is 0.166. The lowest BCUT2D eigenvalue weighted by atomic mass is 10.2. The van der Waals surface area contributed by atoms with Gasteiger partial charge in [-0.1, -0.05) is 42.5 Å². The van der Waals surface area contributed by atoms with Gasteiger partial charge < -0.3 is 15.4 Å². The van der Waals surface area contributed by atoms with E-state index in [0.717, 1.165) is 11.3 Å². The van der Waals surface area contributed by atoms with Gasteiger partial charge in [0.15, 0.2) is 0 Å². The first-order chi connectivity index (χ1) is 11.2. The van der Waals surface area contributed by atoms with Crippen LogP contribution in [0.5, 0.6) is 0 Å². The average molecular weight is 336 g/mol. The van der Waals surface area contributed by atoms with Crippen molar-refractivity contribution in [3.63, 3.8) is 0 Å². The second kappa shape index (κ2) is 11.7. The van der Waals surface area contributed by atoms with Crippen molar-refractivity contribution in [2.75, 3.05) is 32.2 Å². The van der Waals surface area contributed by atoms with Crippen LogP contribution in [0.3, 0.4) is 0 Å². The maximum atomic E-state index is 11.9. The van der Waals surface area contributed by atoms with Gasteiger partial charge in [0.25, 0.3) is 0 Å². The molecular formula is C17H24N2O3S. The molecule has 126 valence electrons. The highest BCUT2D eigenvalue weighted by Crippen LogP contribution is 2.02. The molecule has 1 amide bonds. The normalized spacial score (nSPS) is 12.1. The van der Waals surface area contributed by atoms with E-state index in [1.807, 2.05) is 48.7 Å². The maximum Gasteiger partial charge on any atom is 0.328 e. The molecule has 0 spiro atoms. The van der Waals surface area contributed by atoms with E-state index in [2.05, 4.69) is 10.6 Å². The largest absolute Gasteiger partial charge is 0.467 e. The predicted octanol–water partition coefficient (Wildman–Crippen LogP) is 1.70. The van der Waals surface area contributed by atoms with Crippen LogP contribution < -0.4 is 10.6 Å². The van der Waals surface area contributed by atoms with Crippen LogP contribution in [0.15, 0.2) is 36.4 Å². The predicted molar refractivity (Wildman–Crippen MR) is 95.3 cm³/mol. The van der Waals surface area contributed by atoms with E-state index in [1.165, 1.54) is 7.11 Å². The van der Waals surface area contributed by atoms with Crippen LogP contribution in [-0.4, -0.2) is 50.1 Å². The van der Waals surface area contributed by atoms with Gasteiger partial charge in [0.2, 0.25) is 5.91 Å². The van der Waals surface area contributed by atoms with Gasteiger partial charge in [-0.2, -0.15) is 11.8 Å². The maximum absolute atomic E-state index is 11.9. The summed E-state index contributed by atoms with van der Waals surface area (Å²) in [7, 11) is 1.33. The lowest BCUT2D eigenvalue weighted by Gasteiger charge is -2.16. The Morgan fingerprint density at radius 2 is 2.04 bits per heavy atom. The smallest absolute Gasteiger partial charge is 0.328 e. The number of nitrogens with one attached hydrogen (secondary N) is 2. The number of carbonyl (C=O) groups is 2. The first-order valence-electron chi connectivity index (χ1n) is 7.45. The number of rotatable bonds is 10. The third-order valence-electron chi connectivity index (χ3n) is 3.09. The number of hydrogen-bond acceptors (Lipinski definition) is 5. The van der Waals surface area contributed by atoms with Crippen molar-refractivity contribution in [3.05, 3.63) is 42.0 Å². The van der Waals surface area contributed by atoms with Crippen LogP contribution in [-0.2, 0) is 14.3 Å². The van der Waals surface area contributed by atoms with E-state index in [-0.39, 0.29) is 12.5 Å². The van der Waals surface area contributed by atoms with E-state index in [1.54, 1.807) is 11.8 Å². The minimum Gasteiger partial charge on any atom is -0.467 e. The zero-order valence-electron chi connectivity index (χ0n) is 13.6. The highest BCUT2D eigenvalue weighted by atomic mass is 32.2. The fraction of sp³-hybridized carbons (Fsp3) is 0.412. The molecule has 1 rings (SSSR count). The lowest BCUT2D eigenvalue weighted by molar-refractivity contribution is -0.145. The molecule has 0 aliphatic carbocycles. The third kappa shape index (κ3) is 8.42. The van der Waals surface area contributed by atoms with Gasteiger partial charge in [0, 0.05) is 6.54 Å². The van der Waals surface area contributed by atoms with Crippen molar-refractivity contribution >= 4 is 29.7 Å². The second-order valence-corrected chi connectivity index (χ2v) is 5.85. The molecule has 1 aromatic carbocycles. The van der Waals surface area contributed by atoms with Crippen LogP contribution in [0.2, 0.25) is 0 Å². The van der Waals surface area contributed by atoms with Crippen LogP contribution in [0.1, 0.15) is 12.0 Å². The standard InChI is InChI=1S/C17H24N2O3S/c1-22-17(21)15(10-12-23-2)19-16(20)13-18-11-6-9-14-7-4-3-5-8-14/h3-9,15,18H,10-13H2,1-2H3,(H,19,20)/t15-/m0/s1. The zero-order chi connectivity index (χ0) is 16.9. The molecule has 1 aromatic rings. The Balaban J connectivity index is 2.29. The number of thioether (sulfide) groups is 1. The first kappa shape index (κ1) is 19.3. The van der Waals surface area contributed by atoms with Gasteiger partial charge in [0.1, 0.15) is 6.04 Å². The van der Waals surface area contributed by atoms with Crippen LogP contribution >= 0.6 is 11.8 Å². The SMILES string of the molecule is COC(=O)[C@H](CCSC)NC(=O)CNCC=Cc1ccccc1. The number of benzene rings is 1. The van der Waals surface area contributed by atoms with Crippen molar-refractivity contribution in [1.29, 1.82) is 0 Å². The molecule has 6 heteroatoms. The number of hydrogen-bond donors (Lipinski definition) is 2. The molecule has 2 N–H and O–H groups in total. The van der Waals surface area contributed by atoms with Gasteiger partial charge >= 0.3 is 5.97 Å². The van der Waals surface area contributed by atoms with Crippen LogP contribution in [0.4, 0.5) is 0 Å². The Labute approximate surface area is 141 Å². The fourth-order valence-corrected chi connectivity index (χ4v) is 2.37. The minimum atomic E-state index is -0.582. The molecule has 0 saturated heterocycles. The Kier molecular flexibility index (Phi) is 9.83. The van der Waals surface area contributed by atoms with Crippen molar-refractivity contribution in [2.24, 2.45) is 0 Å². The van der Waals surface area contributed by atoms with E-state index in [0.29, 0.717) is 13.0 Å². The average Bonchev–Trinajstić information content (AvgIpc) is 2.58. The summed E-state index contributed by atoms with van der Waals surface area (Å²) in [6.07, 6.45) is 6.46. The number of methoxy groups -OCH3 is 1. The van der Waals surface area contributed by atoms with Gasteiger partial charge in [-0.25, -0.2) is 4.79 Å². The Hall–Kier alpha value is -1.79. The summed E-state index contributed by atoms with van der Waals surface area (Å²) in [6.45, 7) is 0.738. The highest BCUT2D eigenvalue weighted by Gasteiger charge is 2.20. The molecule has 23 heavy (non-hydrogen) atoms. The van der Waals surface area contributed by atoms with Crippen molar-refractivity contribution < 1.29 is 14.3 Å². The van der Waals surface area contributed by atoms with E-state index in [9.17, 15) is 9.59 Å².